The molecule has 3 N–H and O–H groups in total. The number of aromatic nitrogens is 1. The van der Waals surface area contributed by atoms with Crippen LogP contribution < -0.4 is 4.72 Å². The van der Waals surface area contributed by atoms with Crippen molar-refractivity contribution in [3.8, 4) is 0 Å². The number of nitrogens with one attached hydrogen (secondary N) is 2. The van der Waals surface area contributed by atoms with Gasteiger partial charge in [-0.1, -0.05) is 0 Å². The van der Waals surface area contributed by atoms with E-state index in [0.29, 0.717) is 0 Å². The highest BCUT2D eigenvalue weighted by molar-refractivity contribution is 7.92. The Morgan fingerprint density at radius 1 is 1.07 bits per heavy atom. The highest BCUT2D eigenvalue weighted by atomic mass is 32.2. The van der Waals surface area contributed by atoms with Crippen molar-refractivity contribution in [3.05, 3.63) is 46.8 Å². The molecule has 0 fully saturated rings. The molecule has 0 saturated carbocycles. The van der Waals surface area contributed by atoms with Crippen LogP contribution in [-0.4, -0.2) is 30.3 Å². The fraction of sp³-hybridized carbons (Fsp3) is 0.375. The number of fused-ring (bicyclic) bond motifs is 1. The minimum Gasteiger partial charge on any atom is -0.380 e. The monoisotopic (exact) mass is 464 g/mol. The first-order valence-electron chi connectivity index (χ1n) is 8.12. The molecule has 0 bridgehead atoms. The lowest BCUT2D eigenvalue weighted by atomic mass is 9.83. The minimum atomic E-state index is -5.21. The first kappa shape index (κ1) is 22.3. The van der Waals surface area contributed by atoms with E-state index in [2.05, 4.69) is 4.98 Å². The Morgan fingerprint density at radius 3 is 2.27 bits per heavy atom. The van der Waals surface area contributed by atoms with Gasteiger partial charge in [-0.15, -0.1) is 0 Å². The molecule has 1 heterocycles. The number of alkyl halides is 6. The normalized spacial score (nSPS) is 20.2. The SMILES string of the molecule is O=S(=O)(Nc1cc(F)c(C(F)(F)F)cc1F)c1c[nH]c2c1CCC(O)(C(F)(F)F)C2. The third kappa shape index (κ3) is 3.85. The summed E-state index contributed by atoms with van der Waals surface area (Å²) >= 11 is 0. The molecule has 1 atom stereocenters. The topological polar surface area (TPSA) is 82.2 Å². The fourth-order valence-electron chi connectivity index (χ4n) is 3.14. The van der Waals surface area contributed by atoms with Crippen molar-refractivity contribution < 1.29 is 48.6 Å². The maximum absolute atomic E-state index is 13.9. The zero-order chi connectivity index (χ0) is 22.7. The van der Waals surface area contributed by atoms with Gasteiger partial charge in [0, 0.05) is 24.4 Å². The Kier molecular flexibility index (Phi) is 5.09. The summed E-state index contributed by atoms with van der Waals surface area (Å²) in [5, 5.41) is 9.77. The van der Waals surface area contributed by atoms with Crippen molar-refractivity contribution in [1.82, 2.24) is 4.98 Å². The van der Waals surface area contributed by atoms with Gasteiger partial charge in [0.25, 0.3) is 10.0 Å². The molecule has 30 heavy (non-hydrogen) atoms. The van der Waals surface area contributed by atoms with Crippen LogP contribution in [0.1, 0.15) is 23.2 Å². The maximum Gasteiger partial charge on any atom is 0.419 e. The standard InChI is InChI=1S/C16H12F8N2O3S/c17-9-4-11(10(18)3-8(9)15(19,20)21)26-30(28,29)13-6-25-12-5-14(27,16(22,23)24)2-1-7(12)13/h3-4,6,25-27H,1-2,5H2. The van der Waals surface area contributed by atoms with Gasteiger partial charge in [0.15, 0.2) is 5.60 Å². The summed E-state index contributed by atoms with van der Waals surface area (Å²) in [5.41, 5.74) is -6.45. The number of aliphatic hydroxyl groups is 1. The molecule has 0 amide bonds. The summed E-state index contributed by atoms with van der Waals surface area (Å²) in [5.74, 6) is -3.63. The molecule has 166 valence electrons. The Labute approximate surface area is 163 Å². The van der Waals surface area contributed by atoms with E-state index in [-0.39, 0.29) is 23.4 Å². The van der Waals surface area contributed by atoms with Crippen molar-refractivity contribution in [2.45, 2.75) is 42.1 Å². The molecule has 1 aliphatic rings. The fourth-order valence-corrected chi connectivity index (χ4v) is 4.46. The molecule has 1 aliphatic carbocycles. The molecule has 1 aromatic carbocycles. The van der Waals surface area contributed by atoms with Gasteiger partial charge in [0.05, 0.1) is 11.3 Å². The number of hydrogen-bond donors (Lipinski definition) is 3. The van der Waals surface area contributed by atoms with Crippen LogP contribution >= 0.6 is 0 Å². The van der Waals surface area contributed by atoms with Crippen molar-refractivity contribution in [1.29, 1.82) is 0 Å². The quantitative estimate of drug-likeness (QED) is 0.603. The lowest BCUT2D eigenvalue weighted by Crippen LogP contribution is -2.49. The van der Waals surface area contributed by atoms with E-state index < -0.39 is 75.0 Å². The predicted molar refractivity (Wildman–Crippen MR) is 86.0 cm³/mol. The summed E-state index contributed by atoms with van der Waals surface area (Å²) < 4.78 is 131. The highest BCUT2D eigenvalue weighted by Crippen LogP contribution is 2.42. The summed E-state index contributed by atoms with van der Waals surface area (Å²) in [6.45, 7) is 0. The van der Waals surface area contributed by atoms with Crippen LogP contribution in [0.2, 0.25) is 0 Å². The molecule has 0 radical (unpaired) electrons. The van der Waals surface area contributed by atoms with Crippen LogP contribution in [0.25, 0.3) is 0 Å². The average molecular weight is 464 g/mol. The van der Waals surface area contributed by atoms with Gasteiger partial charge in [-0.3, -0.25) is 4.72 Å². The zero-order valence-corrected chi connectivity index (χ0v) is 15.4. The second kappa shape index (κ2) is 6.83. The molecule has 14 heteroatoms. The number of halogens is 8. The third-order valence-electron chi connectivity index (χ3n) is 4.72. The van der Waals surface area contributed by atoms with E-state index in [1.54, 1.807) is 4.72 Å². The first-order chi connectivity index (χ1) is 13.6. The van der Waals surface area contributed by atoms with Crippen LogP contribution in [0.3, 0.4) is 0 Å². The van der Waals surface area contributed by atoms with Crippen molar-refractivity contribution in [3.63, 3.8) is 0 Å². The maximum atomic E-state index is 13.9. The number of rotatable bonds is 3. The number of benzene rings is 1. The van der Waals surface area contributed by atoms with Crippen LogP contribution in [0.15, 0.2) is 23.2 Å². The molecule has 1 unspecified atom stereocenters. The Morgan fingerprint density at radius 2 is 1.70 bits per heavy atom. The molecular weight excluding hydrogens is 452 g/mol. The summed E-state index contributed by atoms with van der Waals surface area (Å²) in [6.07, 6.45) is -11.7. The summed E-state index contributed by atoms with van der Waals surface area (Å²) in [7, 11) is -4.70. The van der Waals surface area contributed by atoms with E-state index in [1.165, 1.54) is 0 Å². The largest absolute Gasteiger partial charge is 0.419 e. The molecule has 5 nitrogen and oxygen atoms in total. The van der Waals surface area contributed by atoms with E-state index in [0.717, 1.165) is 6.20 Å². The lowest BCUT2D eigenvalue weighted by Gasteiger charge is -2.33. The van der Waals surface area contributed by atoms with Gasteiger partial charge in [-0.05, 0) is 24.5 Å². The van der Waals surface area contributed by atoms with Gasteiger partial charge < -0.3 is 10.1 Å². The number of anilines is 1. The third-order valence-corrected chi connectivity index (χ3v) is 6.15. The molecule has 0 spiro atoms. The number of sulfonamides is 1. The number of aromatic amines is 1. The second-order valence-corrected chi connectivity index (χ2v) is 8.38. The minimum absolute atomic E-state index is 0.0111. The molecule has 0 saturated heterocycles. The van der Waals surface area contributed by atoms with Crippen LogP contribution in [0.4, 0.5) is 40.8 Å². The van der Waals surface area contributed by atoms with Crippen LogP contribution in [0, 0.1) is 11.6 Å². The van der Waals surface area contributed by atoms with Gasteiger partial charge in [-0.2, -0.15) is 26.3 Å². The molecular formula is C16H12F8N2O3S. The van der Waals surface area contributed by atoms with Crippen LogP contribution in [0.5, 0.6) is 0 Å². The van der Waals surface area contributed by atoms with E-state index in [4.69, 9.17) is 0 Å². The van der Waals surface area contributed by atoms with Gasteiger partial charge in [0.1, 0.15) is 16.5 Å². The average Bonchev–Trinajstić information content (AvgIpc) is 2.99. The van der Waals surface area contributed by atoms with Gasteiger partial charge in [0.2, 0.25) is 0 Å². The molecule has 1 aromatic heterocycles. The van der Waals surface area contributed by atoms with Gasteiger partial charge >= 0.3 is 12.4 Å². The Bertz CT molecular complexity index is 1090. The van der Waals surface area contributed by atoms with Crippen LogP contribution in [-0.2, 0) is 29.0 Å². The highest BCUT2D eigenvalue weighted by Gasteiger charge is 2.55. The molecule has 0 aliphatic heterocycles. The predicted octanol–water partition coefficient (Wildman–Crippen LogP) is 3.89. The van der Waals surface area contributed by atoms with Crippen molar-refractivity contribution in [2.75, 3.05) is 4.72 Å². The van der Waals surface area contributed by atoms with Gasteiger partial charge in [-0.25, -0.2) is 17.2 Å². The molecule has 3 rings (SSSR count). The molecule has 2 aromatic rings. The Hall–Kier alpha value is -2.35. The number of hydrogen-bond acceptors (Lipinski definition) is 3. The van der Waals surface area contributed by atoms with Crippen molar-refractivity contribution >= 4 is 15.7 Å². The number of H-pyrrole nitrogens is 1. The summed E-state index contributed by atoms with van der Waals surface area (Å²) in [4.78, 5) is 1.71. The van der Waals surface area contributed by atoms with E-state index in [1.807, 2.05) is 0 Å². The smallest absolute Gasteiger partial charge is 0.380 e. The Balaban J connectivity index is 1.94. The first-order valence-corrected chi connectivity index (χ1v) is 9.61. The van der Waals surface area contributed by atoms with Crippen molar-refractivity contribution in [2.24, 2.45) is 0 Å². The second-order valence-electron chi connectivity index (χ2n) is 6.73. The van der Waals surface area contributed by atoms with E-state index in [9.17, 15) is 48.6 Å². The lowest BCUT2D eigenvalue weighted by molar-refractivity contribution is -0.263. The zero-order valence-electron chi connectivity index (χ0n) is 14.5. The summed E-state index contributed by atoms with van der Waals surface area (Å²) in [6, 6.07) is -0.208. The van der Waals surface area contributed by atoms with E-state index >= 15 is 0 Å².